The van der Waals surface area contributed by atoms with Crippen LogP contribution in [-0.4, -0.2) is 17.8 Å². The minimum absolute atomic E-state index is 0.0466. The second kappa shape index (κ2) is 8.42. The van der Waals surface area contributed by atoms with E-state index < -0.39 is 17.8 Å². The number of nitrogens with zero attached hydrogens (tertiary/aromatic N) is 1. The minimum atomic E-state index is -0.626. The summed E-state index contributed by atoms with van der Waals surface area (Å²) in [5.74, 6) is -1.15. The van der Waals surface area contributed by atoms with Crippen molar-refractivity contribution in [1.82, 2.24) is 0 Å². The largest absolute Gasteiger partial charge is 0.423 e. The zero-order valence-electron chi connectivity index (χ0n) is 15.3. The topological polar surface area (TPSA) is 65.0 Å². The fourth-order valence-electron chi connectivity index (χ4n) is 2.73. The molecule has 3 aromatic carbocycles. The maximum Gasteiger partial charge on any atom is 0.363 e. The molecular weight excluding hydrogens is 453 g/mol. The van der Waals surface area contributed by atoms with Crippen molar-refractivity contribution in [3.63, 3.8) is 0 Å². The van der Waals surface area contributed by atoms with Crippen LogP contribution in [0, 0.1) is 5.82 Å². The molecule has 0 N–H and O–H groups in total. The molecule has 0 fully saturated rings. The van der Waals surface area contributed by atoms with Crippen LogP contribution in [0.1, 0.15) is 21.5 Å². The van der Waals surface area contributed by atoms with Crippen LogP contribution in [0.4, 0.5) is 4.39 Å². The van der Waals surface area contributed by atoms with E-state index in [-0.39, 0.29) is 11.6 Å². The monoisotopic (exact) mass is 465 g/mol. The molecule has 0 saturated heterocycles. The van der Waals surface area contributed by atoms with E-state index in [1.54, 1.807) is 48.5 Å². The molecule has 0 atom stereocenters. The number of hydrogen-bond donors (Lipinski definition) is 0. The lowest BCUT2D eigenvalue weighted by atomic mass is 10.2. The quantitative estimate of drug-likeness (QED) is 0.303. The highest BCUT2D eigenvalue weighted by atomic mass is 79.9. The number of cyclic esters (lactones) is 1. The summed E-state index contributed by atoms with van der Waals surface area (Å²) in [6, 6.07) is 19.1. The molecule has 30 heavy (non-hydrogen) atoms. The summed E-state index contributed by atoms with van der Waals surface area (Å²) in [6.07, 6.45) is 1.54. The molecule has 1 heterocycles. The first kappa shape index (κ1) is 19.7. The van der Waals surface area contributed by atoms with Gasteiger partial charge in [0.15, 0.2) is 5.70 Å². The molecule has 0 radical (unpaired) electrons. The van der Waals surface area contributed by atoms with E-state index in [4.69, 9.17) is 9.47 Å². The Balaban J connectivity index is 1.49. The van der Waals surface area contributed by atoms with E-state index >= 15 is 0 Å². The van der Waals surface area contributed by atoms with Crippen molar-refractivity contribution in [2.75, 3.05) is 0 Å². The van der Waals surface area contributed by atoms with Gasteiger partial charge in [-0.3, -0.25) is 0 Å². The summed E-state index contributed by atoms with van der Waals surface area (Å²) in [4.78, 5) is 28.4. The van der Waals surface area contributed by atoms with Crippen LogP contribution in [0.15, 0.2) is 88.0 Å². The van der Waals surface area contributed by atoms with E-state index in [1.807, 2.05) is 6.07 Å². The van der Waals surface area contributed by atoms with Gasteiger partial charge in [0.25, 0.3) is 0 Å². The van der Waals surface area contributed by atoms with Gasteiger partial charge in [-0.1, -0.05) is 40.2 Å². The molecule has 0 saturated carbocycles. The Kier molecular flexibility index (Phi) is 5.54. The number of aliphatic imine (C=N–C) groups is 1. The molecule has 5 nitrogen and oxygen atoms in total. The maximum absolute atomic E-state index is 13.4. The first-order valence-corrected chi connectivity index (χ1v) is 9.63. The first-order chi connectivity index (χ1) is 14.5. The van der Waals surface area contributed by atoms with Gasteiger partial charge in [0.1, 0.15) is 11.6 Å². The first-order valence-electron chi connectivity index (χ1n) is 8.84. The van der Waals surface area contributed by atoms with Gasteiger partial charge in [-0.05, 0) is 60.2 Å². The fourth-order valence-corrected chi connectivity index (χ4v) is 3.12. The highest BCUT2D eigenvalue weighted by molar-refractivity contribution is 9.10. The van der Waals surface area contributed by atoms with Gasteiger partial charge >= 0.3 is 11.9 Å². The Labute approximate surface area is 179 Å². The normalized spacial score (nSPS) is 14.4. The fraction of sp³-hybridized carbons (Fsp3) is 0. The average Bonchev–Trinajstić information content (AvgIpc) is 3.10. The number of hydrogen-bond acceptors (Lipinski definition) is 5. The third kappa shape index (κ3) is 4.52. The van der Waals surface area contributed by atoms with E-state index in [0.29, 0.717) is 22.4 Å². The Morgan fingerprint density at radius 1 is 1.03 bits per heavy atom. The molecule has 0 spiro atoms. The summed E-state index contributed by atoms with van der Waals surface area (Å²) in [6.45, 7) is 0. The molecule has 148 valence electrons. The molecule has 4 rings (SSSR count). The number of halogens is 2. The zero-order valence-corrected chi connectivity index (χ0v) is 16.9. The van der Waals surface area contributed by atoms with Crippen molar-refractivity contribution >= 4 is 39.8 Å². The predicted molar refractivity (Wildman–Crippen MR) is 113 cm³/mol. The van der Waals surface area contributed by atoms with Gasteiger partial charge in [-0.25, -0.2) is 19.0 Å². The third-order valence-electron chi connectivity index (χ3n) is 4.15. The number of carbonyl (C=O) groups excluding carboxylic acids is 2. The summed E-state index contributed by atoms with van der Waals surface area (Å²) in [7, 11) is 0. The average molecular weight is 466 g/mol. The van der Waals surface area contributed by atoms with Crippen molar-refractivity contribution in [3.05, 3.63) is 105 Å². The summed E-state index contributed by atoms with van der Waals surface area (Å²) in [5, 5.41) is 0. The molecule has 7 heteroatoms. The van der Waals surface area contributed by atoms with Crippen molar-refractivity contribution < 1.29 is 23.5 Å². The van der Waals surface area contributed by atoms with Crippen LogP contribution < -0.4 is 4.74 Å². The second-order valence-corrected chi connectivity index (χ2v) is 7.23. The van der Waals surface area contributed by atoms with Gasteiger partial charge in [-0.2, -0.15) is 0 Å². The predicted octanol–water partition coefficient (Wildman–Crippen LogP) is 5.15. The Morgan fingerprint density at radius 3 is 2.53 bits per heavy atom. The smallest absolute Gasteiger partial charge is 0.363 e. The number of carbonyl (C=O) groups is 2. The summed E-state index contributed by atoms with van der Waals surface area (Å²) >= 11 is 3.31. The third-order valence-corrected chi connectivity index (χ3v) is 4.64. The number of esters is 2. The Morgan fingerprint density at radius 2 is 1.80 bits per heavy atom. The molecule has 0 aromatic heterocycles. The van der Waals surface area contributed by atoms with Crippen molar-refractivity contribution in [1.29, 1.82) is 0 Å². The van der Waals surface area contributed by atoms with E-state index in [2.05, 4.69) is 20.9 Å². The lowest BCUT2D eigenvalue weighted by Crippen LogP contribution is -2.08. The summed E-state index contributed by atoms with van der Waals surface area (Å²) < 4.78 is 24.6. The maximum atomic E-state index is 13.4. The Hall–Kier alpha value is -3.58. The van der Waals surface area contributed by atoms with Crippen LogP contribution in [-0.2, 0) is 9.53 Å². The molecule has 0 aliphatic carbocycles. The van der Waals surface area contributed by atoms with E-state index in [1.165, 1.54) is 24.3 Å². The molecule has 0 bridgehead atoms. The SMILES string of the molecule is O=C1OC(c2cccc(F)c2)=N/C1=C\c1ccc(OC(=O)c2cccc(Br)c2)cc1. The molecular formula is C23H13BrFNO4. The lowest BCUT2D eigenvalue weighted by molar-refractivity contribution is -0.129. The van der Waals surface area contributed by atoms with E-state index in [9.17, 15) is 14.0 Å². The van der Waals surface area contributed by atoms with E-state index in [0.717, 1.165) is 4.47 Å². The van der Waals surface area contributed by atoms with Gasteiger partial charge in [0, 0.05) is 10.0 Å². The number of benzene rings is 3. The highest BCUT2D eigenvalue weighted by Crippen LogP contribution is 2.22. The van der Waals surface area contributed by atoms with Gasteiger partial charge in [0.2, 0.25) is 5.90 Å². The van der Waals surface area contributed by atoms with Gasteiger partial charge < -0.3 is 9.47 Å². The van der Waals surface area contributed by atoms with Gasteiger partial charge in [-0.15, -0.1) is 0 Å². The molecule has 0 unspecified atom stereocenters. The molecule has 0 amide bonds. The van der Waals surface area contributed by atoms with Crippen molar-refractivity contribution in [3.8, 4) is 5.75 Å². The Bertz CT molecular complexity index is 1200. The summed E-state index contributed by atoms with van der Waals surface area (Å²) in [5.41, 5.74) is 1.55. The lowest BCUT2D eigenvalue weighted by Gasteiger charge is -2.05. The standard InChI is InChI=1S/C23H13BrFNO4/c24-17-5-1-4-16(12-17)22(27)29-19-9-7-14(8-10-19)11-20-23(28)30-21(26-20)15-3-2-6-18(25)13-15/h1-13H/b20-11-. The van der Waals surface area contributed by atoms with Crippen molar-refractivity contribution in [2.24, 2.45) is 4.99 Å². The van der Waals surface area contributed by atoms with Crippen LogP contribution in [0.3, 0.4) is 0 Å². The van der Waals surface area contributed by atoms with Crippen LogP contribution in [0.5, 0.6) is 5.75 Å². The van der Waals surface area contributed by atoms with Crippen LogP contribution in [0.25, 0.3) is 6.08 Å². The van der Waals surface area contributed by atoms with Crippen LogP contribution >= 0.6 is 15.9 Å². The highest BCUT2D eigenvalue weighted by Gasteiger charge is 2.24. The second-order valence-electron chi connectivity index (χ2n) is 6.32. The number of ether oxygens (including phenoxy) is 2. The van der Waals surface area contributed by atoms with Crippen LogP contribution in [0.2, 0.25) is 0 Å². The molecule has 1 aliphatic rings. The van der Waals surface area contributed by atoms with Crippen molar-refractivity contribution in [2.45, 2.75) is 0 Å². The van der Waals surface area contributed by atoms with Gasteiger partial charge in [0.05, 0.1) is 5.56 Å². The number of rotatable bonds is 4. The minimum Gasteiger partial charge on any atom is -0.423 e. The molecule has 3 aromatic rings. The zero-order chi connectivity index (χ0) is 21.1. The molecule has 1 aliphatic heterocycles.